The zero-order chi connectivity index (χ0) is 24.0. The Morgan fingerprint density at radius 3 is 2.52 bits per heavy atom. The van der Waals surface area contributed by atoms with E-state index in [1.165, 1.54) is 29.2 Å². The third-order valence-electron chi connectivity index (χ3n) is 5.28. The molecule has 1 aliphatic heterocycles. The molecule has 10 nitrogen and oxygen atoms in total. The number of urea groups is 1. The van der Waals surface area contributed by atoms with Crippen LogP contribution in [0.3, 0.4) is 0 Å². The van der Waals surface area contributed by atoms with Crippen LogP contribution in [0.5, 0.6) is 5.75 Å². The SMILES string of the molecule is O=C1CCC1NC(=O)C(CS(=O)(=O)Cc1ccccc1OC(F)F)NC(=O)N1CCOCC1. The van der Waals surface area contributed by atoms with Crippen LogP contribution in [0.25, 0.3) is 0 Å². The number of ether oxygens (including phenoxy) is 2. The highest BCUT2D eigenvalue weighted by Gasteiger charge is 2.35. The molecular weight excluding hydrogens is 464 g/mol. The lowest BCUT2D eigenvalue weighted by molar-refractivity contribution is -0.132. The van der Waals surface area contributed by atoms with Crippen LogP contribution >= 0.6 is 0 Å². The smallest absolute Gasteiger partial charge is 0.387 e. The highest BCUT2D eigenvalue weighted by molar-refractivity contribution is 7.90. The Morgan fingerprint density at radius 1 is 1.21 bits per heavy atom. The summed E-state index contributed by atoms with van der Waals surface area (Å²) >= 11 is 0. The van der Waals surface area contributed by atoms with Crippen LogP contribution in [-0.4, -0.2) is 81.8 Å². The molecule has 33 heavy (non-hydrogen) atoms. The number of carbonyl (C=O) groups is 3. The van der Waals surface area contributed by atoms with Crippen molar-refractivity contribution < 1.29 is 41.1 Å². The van der Waals surface area contributed by atoms with Crippen LogP contribution in [0, 0.1) is 0 Å². The number of hydrogen-bond acceptors (Lipinski definition) is 7. The number of hydrogen-bond donors (Lipinski definition) is 2. The first kappa shape index (κ1) is 24.8. The number of ketones is 1. The maximum Gasteiger partial charge on any atom is 0.387 e. The topological polar surface area (TPSA) is 131 Å². The number of rotatable bonds is 9. The number of sulfone groups is 1. The minimum Gasteiger partial charge on any atom is -0.435 e. The Hall–Kier alpha value is -2.80. The van der Waals surface area contributed by atoms with Gasteiger partial charge in [-0.1, -0.05) is 18.2 Å². The minimum atomic E-state index is -4.08. The molecule has 1 aromatic rings. The lowest BCUT2D eigenvalue weighted by Gasteiger charge is -2.30. The molecule has 2 fully saturated rings. The van der Waals surface area contributed by atoms with Gasteiger partial charge in [0.25, 0.3) is 0 Å². The molecule has 1 aliphatic carbocycles. The van der Waals surface area contributed by atoms with E-state index in [9.17, 15) is 31.6 Å². The molecule has 2 N–H and O–H groups in total. The zero-order valence-corrected chi connectivity index (χ0v) is 18.5. The molecule has 1 aromatic carbocycles. The van der Waals surface area contributed by atoms with Gasteiger partial charge in [0.15, 0.2) is 15.6 Å². The predicted octanol–water partition coefficient (Wildman–Crippen LogP) is 0.461. The number of alkyl halides is 2. The van der Waals surface area contributed by atoms with Crippen LogP contribution in [0.15, 0.2) is 24.3 Å². The van der Waals surface area contributed by atoms with Crippen molar-refractivity contribution in [1.82, 2.24) is 15.5 Å². The monoisotopic (exact) mass is 489 g/mol. The summed E-state index contributed by atoms with van der Waals surface area (Å²) in [6, 6.07) is 2.57. The molecular formula is C20H25F2N3O7S. The molecule has 2 aliphatic rings. The molecule has 182 valence electrons. The van der Waals surface area contributed by atoms with E-state index in [0.717, 1.165) is 0 Å². The van der Waals surface area contributed by atoms with E-state index in [1.54, 1.807) is 0 Å². The van der Waals surface area contributed by atoms with Gasteiger partial charge in [0, 0.05) is 25.1 Å². The van der Waals surface area contributed by atoms with Gasteiger partial charge in [0.1, 0.15) is 11.8 Å². The summed E-state index contributed by atoms with van der Waals surface area (Å²) in [5.41, 5.74) is -0.00867. The molecule has 1 saturated carbocycles. The van der Waals surface area contributed by atoms with Crippen LogP contribution in [0.2, 0.25) is 0 Å². The second kappa shape index (κ2) is 10.9. The van der Waals surface area contributed by atoms with E-state index in [4.69, 9.17) is 4.74 Å². The Bertz CT molecular complexity index is 984. The van der Waals surface area contributed by atoms with Gasteiger partial charge >= 0.3 is 12.6 Å². The van der Waals surface area contributed by atoms with Crippen molar-refractivity contribution >= 4 is 27.6 Å². The second-order valence-corrected chi connectivity index (χ2v) is 9.82. The summed E-state index contributed by atoms with van der Waals surface area (Å²) in [4.78, 5) is 38.3. The first-order chi connectivity index (χ1) is 15.6. The third-order valence-corrected chi connectivity index (χ3v) is 6.87. The van der Waals surface area contributed by atoms with Gasteiger partial charge in [0.2, 0.25) is 5.91 Å². The first-order valence-corrected chi connectivity index (χ1v) is 12.2. The van der Waals surface area contributed by atoms with Crippen LogP contribution < -0.4 is 15.4 Å². The molecule has 1 saturated heterocycles. The number of benzene rings is 1. The van der Waals surface area contributed by atoms with Gasteiger partial charge in [-0.3, -0.25) is 9.59 Å². The average Bonchev–Trinajstić information content (AvgIpc) is 2.77. The number of nitrogens with one attached hydrogen (secondary N) is 2. The molecule has 0 bridgehead atoms. The van der Waals surface area contributed by atoms with Gasteiger partial charge in [-0.05, 0) is 12.5 Å². The van der Waals surface area contributed by atoms with Crippen molar-refractivity contribution in [3.8, 4) is 5.75 Å². The fraction of sp³-hybridized carbons (Fsp3) is 0.550. The van der Waals surface area contributed by atoms with Crippen molar-refractivity contribution in [3.63, 3.8) is 0 Å². The number of halogens is 2. The average molecular weight is 489 g/mol. The Kier molecular flexibility index (Phi) is 8.19. The summed E-state index contributed by atoms with van der Waals surface area (Å²) in [7, 11) is -4.08. The Labute approximate surface area is 189 Å². The first-order valence-electron chi connectivity index (χ1n) is 10.3. The van der Waals surface area contributed by atoms with Crippen molar-refractivity contribution in [2.45, 2.75) is 37.3 Å². The fourth-order valence-corrected chi connectivity index (χ4v) is 4.98. The van der Waals surface area contributed by atoms with Crippen LogP contribution in [0.4, 0.5) is 13.6 Å². The van der Waals surface area contributed by atoms with Crippen LogP contribution in [0.1, 0.15) is 18.4 Å². The summed E-state index contributed by atoms with van der Waals surface area (Å²) < 4.78 is 60.6. The highest BCUT2D eigenvalue weighted by atomic mass is 32.2. The molecule has 3 amide bonds. The Balaban J connectivity index is 1.74. The molecule has 1 heterocycles. The van der Waals surface area contributed by atoms with E-state index in [0.29, 0.717) is 26.1 Å². The fourth-order valence-electron chi connectivity index (χ4n) is 3.40. The minimum absolute atomic E-state index is 0.00867. The quantitative estimate of drug-likeness (QED) is 0.515. The molecule has 2 atom stereocenters. The molecule has 0 radical (unpaired) electrons. The van der Waals surface area contributed by atoms with Gasteiger partial charge in [-0.25, -0.2) is 13.2 Å². The van der Waals surface area contributed by atoms with Crippen molar-refractivity contribution in [3.05, 3.63) is 29.8 Å². The highest BCUT2D eigenvalue weighted by Crippen LogP contribution is 2.23. The van der Waals surface area contributed by atoms with Gasteiger partial charge < -0.3 is 25.0 Å². The molecule has 3 rings (SSSR count). The molecule has 13 heteroatoms. The lowest BCUT2D eigenvalue weighted by atomic mass is 9.91. The third kappa shape index (κ3) is 7.09. The summed E-state index contributed by atoms with van der Waals surface area (Å²) in [5, 5.41) is 4.89. The van der Waals surface area contributed by atoms with E-state index in [2.05, 4.69) is 15.4 Å². The molecule has 0 aromatic heterocycles. The lowest BCUT2D eigenvalue weighted by Crippen LogP contribution is -2.58. The predicted molar refractivity (Wildman–Crippen MR) is 111 cm³/mol. The van der Waals surface area contributed by atoms with Gasteiger partial charge in [-0.15, -0.1) is 0 Å². The molecule has 2 unspecified atom stereocenters. The number of morpholine rings is 1. The number of para-hydroxylation sites is 1. The summed E-state index contributed by atoms with van der Waals surface area (Å²) in [6.45, 7) is -1.99. The maximum atomic E-state index is 12.9. The van der Waals surface area contributed by atoms with Gasteiger partial charge in [-0.2, -0.15) is 8.78 Å². The van der Waals surface area contributed by atoms with E-state index >= 15 is 0 Å². The van der Waals surface area contributed by atoms with Gasteiger partial charge in [0.05, 0.1) is 30.8 Å². The van der Waals surface area contributed by atoms with Crippen molar-refractivity contribution in [2.75, 3.05) is 32.1 Å². The number of amides is 3. The standard InChI is InChI=1S/C20H25F2N3O7S/c21-19(22)32-17-4-2-1-3-13(17)11-33(29,30)12-15(18(27)23-14-5-6-16(14)26)24-20(28)25-7-9-31-10-8-25/h1-4,14-15,19H,5-12H2,(H,23,27)(H,24,28). The maximum absolute atomic E-state index is 12.9. The Morgan fingerprint density at radius 2 is 1.91 bits per heavy atom. The second-order valence-electron chi connectivity index (χ2n) is 7.71. The molecule has 0 spiro atoms. The number of Topliss-reactive ketones (excluding diaryl/α,β-unsaturated/α-hetero) is 1. The van der Waals surface area contributed by atoms with Crippen LogP contribution in [-0.2, 0) is 29.9 Å². The normalized spacial score (nSPS) is 19.5. The van der Waals surface area contributed by atoms with Crippen molar-refractivity contribution in [1.29, 1.82) is 0 Å². The summed E-state index contributed by atoms with van der Waals surface area (Å²) in [5.74, 6) is -2.76. The zero-order valence-electron chi connectivity index (χ0n) is 17.7. The number of carbonyl (C=O) groups excluding carboxylic acids is 3. The van der Waals surface area contributed by atoms with E-state index < -0.39 is 52.0 Å². The van der Waals surface area contributed by atoms with E-state index in [-0.39, 0.29) is 30.2 Å². The summed E-state index contributed by atoms with van der Waals surface area (Å²) in [6.07, 6.45) is 0.745. The largest absolute Gasteiger partial charge is 0.435 e. The van der Waals surface area contributed by atoms with E-state index in [1.807, 2.05) is 0 Å². The number of nitrogens with zero attached hydrogens (tertiary/aromatic N) is 1. The van der Waals surface area contributed by atoms with Crippen molar-refractivity contribution in [2.24, 2.45) is 0 Å².